The Morgan fingerprint density at radius 1 is 1.00 bits per heavy atom. The second-order valence-electron chi connectivity index (χ2n) is 5.72. The molecule has 26 heavy (non-hydrogen) atoms. The van der Waals surface area contributed by atoms with Crippen LogP contribution in [0.1, 0.15) is 5.56 Å². The van der Waals surface area contributed by atoms with Crippen molar-refractivity contribution in [2.45, 2.75) is 6.54 Å². The average Bonchev–Trinajstić information content (AvgIpc) is 3.22. The van der Waals surface area contributed by atoms with Crippen molar-refractivity contribution in [3.05, 3.63) is 66.5 Å². The molecule has 136 valence electrons. The van der Waals surface area contributed by atoms with Crippen LogP contribution in [0.5, 0.6) is 0 Å². The molecule has 0 atom stereocenters. The Labute approximate surface area is 162 Å². The minimum atomic E-state index is -0.292. The maximum absolute atomic E-state index is 14.2. The fraction of sp³-hybridized carbons (Fsp3) is 0.111. The number of hydrogen-bond donors (Lipinski definition) is 1. The van der Waals surface area contributed by atoms with Gasteiger partial charge in [0.2, 0.25) is 0 Å². The first-order chi connectivity index (χ1) is 11.7. The lowest BCUT2D eigenvalue weighted by atomic mass is 10.00. The number of nitrogens with zero attached hydrogens (tertiary/aromatic N) is 4. The van der Waals surface area contributed by atoms with Gasteiger partial charge in [-0.2, -0.15) is 10.2 Å². The number of aryl methyl sites for hydroxylation is 1. The fourth-order valence-corrected chi connectivity index (χ4v) is 2.87. The van der Waals surface area contributed by atoms with Gasteiger partial charge in [-0.3, -0.25) is 4.68 Å². The molecule has 0 amide bonds. The Morgan fingerprint density at radius 2 is 1.81 bits per heavy atom. The highest BCUT2D eigenvalue weighted by Crippen LogP contribution is 2.31. The SMILES string of the molecule is Cl.Cl.Cn1cc(-c2cc(-c3ccc(CN)c(F)c3)c3ccnn3c2)cn1. The molecule has 0 saturated carbocycles. The zero-order chi connectivity index (χ0) is 16.7. The van der Waals surface area contributed by atoms with Crippen LogP contribution in [0.2, 0.25) is 0 Å². The number of benzene rings is 1. The smallest absolute Gasteiger partial charge is 0.128 e. The Balaban J connectivity index is 0.00000121. The average molecular weight is 394 g/mol. The number of rotatable bonds is 3. The van der Waals surface area contributed by atoms with Gasteiger partial charge in [0.1, 0.15) is 5.82 Å². The predicted octanol–water partition coefficient (Wildman–Crippen LogP) is 3.84. The molecule has 0 aliphatic heterocycles. The van der Waals surface area contributed by atoms with E-state index < -0.39 is 0 Å². The molecule has 2 N–H and O–H groups in total. The summed E-state index contributed by atoms with van der Waals surface area (Å²) in [6, 6.07) is 9.09. The van der Waals surface area contributed by atoms with Crippen molar-refractivity contribution in [2.75, 3.05) is 0 Å². The highest BCUT2D eigenvalue weighted by molar-refractivity contribution is 5.86. The van der Waals surface area contributed by atoms with Gasteiger partial charge in [0.25, 0.3) is 0 Å². The number of halogens is 3. The summed E-state index contributed by atoms with van der Waals surface area (Å²) in [5.41, 5.74) is 10.6. The van der Waals surface area contributed by atoms with Crippen LogP contribution in [-0.2, 0) is 13.6 Å². The zero-order valence-corrected chi connectivity index (χ0v) is 15.6. The standard InChI is InChI=1S/C18H16FN5.2ClH/c1-23-10-15(9-22-23)14-6-16(18-4-5-21-24(18)11-14)12-2-3-13(8-20)17(19)7-12;;/h2-7,9-11H,8,20H2,1H3;2*1H. The van der Waals surface area contributed by atoms with Crippen LogP contribution in [0.3, 0.4) is 0 Å². The molecule has 0 aliphatic carbocycles. The monoisotopic (exact) mass is 393 g/mol. The molecule has 1 aromatic carbocycles. The molecule has 0 aliphatic rings. The quantitative estimate of drug-likeness (QED) is 0.574. The third kappa shape index (κ3) is 3.44. The topological polar surface area (TPSA) is 61.1 Å². The molecule has 3 heterocycles. The van der Waals surface area contributed by atoms with Crippen LogP contribution in [0, 0.1) is 5.82 Å². The van der Waals surface area contributed by atoms with Crippen molar-refractivity contribution >= 4 is 30.3 Å². The summed E-state index contributed by atoms with van der Waals surface area (Å²) in [6.07, 6.45) is 7.41. The van der Waals surface area contributed by atoms with E-state index in [4.69, 9.17) is 5.73 Å². The van der Waals surface area contributed by atoms with E-state index in [1.807, 2.05) is 37.6 Å². The largest absolute Gasteiger partial charge is 0.326 e. The third-order valence-corrected chi connectivity index (χ3v) is 4.13. The number of fused-ring (bicyclic) bond motifs is 1. The molecule has 8 heteroatoms. The van der Waals surface area contributed by atoms with Gasteiger partial charge >= 0.3 is 0 Å². The van der Waals surface area contributed by atoms with Crippen molar-refractivity contribution < 1.29 is 4.39 Å². The van der Waals surface area contributed by atoms with E-state index in [0.717, 1.165) is 27.8 Å². The third-order valence-electron chi connectivity index (χ3n) is 4.13. The van der Waals surface area contributed by atoms with Crippen LogP contribution in [0.15, 0.2) is 55.1 Å². The summed E-state index contributed by atoms with van der Waals surface area (Å²) in [5, 5.41) is 8.54. The second kappa shape index (κ2) is 7.86. The van der Waals surface area contributed by atoms with Gasteiger partial charge in [-0.05, 0) is 23.8 Å². The molecular formula is C18H18Cl2FN5. The first-order valence-electron chi connectivity index (χ1n) is 7.61. The molecular weight excluding hydrogens is 376 g/mol. The van der Waals surface area contributed by atoms with Crippen LogP contribution in [-0.4, -0.2) is 19.4 Å². The molecule has 0 bridgehead atoms. The lowest BCUT2D eigenvalue weighted by molar-refractivity contribution is 0.611. The van der Waals surface area contributed by atoms with Crippen molar-refractivity contribution in [2.24, 2.45) is 12.8 Å². The van der Waals surface area contributed by atoms with Gasteiger partial charge in [-0.25, -0.2) is 8.91 Å². The van der Waals surface area contributed by atoms with Crippen molar-refractivity contribution in [3.8, 4) is 22.3 Å². The van der Waals surface area contributed by atoms with Crippen molar-refractivity contribution in [3.63, 3.8) is 0 Å². The van der Waals surface area contributed by atoms with Crippen molar-refractivity contribution in [1.82, 2.24) is 19.4 Å². The first kappa shape index (κ1) is 19.9. The fourth-order valence-electron chi connectivity index (χ4n) is 2.87. The molecule has 0 fully saturated rings. The number of hydrogen-bond acceptors (Lipinski definition) is 3. The summed E-state index contributed by atoms with van der Waals surface area (Å²) < 4.78 is 17.7. The normalized spacial score (nSPS) is 10.4. The van der Waals surface area contributed by atoms with Gasteiger partial charge in [0.15, 0.2) is 0 Å². The van der Waals surface area contributed by atoms with Crippen LogP contribution in [0.4, 0.5) is 4.39 Å². The minimum Gasteiger partial charge on any atom is -0.326 e. The lowest BCUT2D eigenvalue weighted by Gasteiger charge is -2.09. The maximum atomic E-state index is 14.2. The Morgan fingerprint density at radius 3 is 2.46 bits per heavy atom. The van der Waals surface area contributed by atoms with E-state index in [1.165, 1.54) is 6.07 Å². The molecule has 0 unspecified atom stereocenters. The van der Waals surface area contributed by atoms with Crippen LogP contribution in [0.25, 0.3) is 27.8 Å². The number of nitrogens with two attached hydrogens (primary N) is 1. The minimum absolute atomic E-state index is 0. The van der Waals surface area contributed by atoms with Gasteiger partial charge in [-0.1, -0.05) is 12.1 Å². The molecule has 0 saturated heterocycles. The highest BCUT2D eigenvalue weighted by Gasteiger charge is 2.12. The predicted molar refractivity (Wildman–Crippen MR) is 105 cm³/mol. The Kier molecular flexibility index (Phi) is 6.02. The van der Waals surface area contributed by atoms with E-state index in [-0.39, 0.29) is 37.2 Å². The van der Waals surface area contributed by atoms with Crippen molar-refractivity contribution in [1.29, 1.82) is 0 Å². The molecule has 0 radical (unpaired) electrons. The van der Waals surface area contributed by atoms with Crippen LogP contribution >= 0.6 is 24.8 Å². The second-order valence-corrected chi connectivity index (χ2v) is 5.72. The summed E-state index contributed by atoms with van der Waals surface area (Å²) in [5.74, 6) is -0.292. The Bertz CT molecular complexity index is 1040. The highest BCUT2D eigenvalue weighted by atomic mass is 35.5. The maximum Gasteiger partial charge on any atom is 0.128 e. The molecule has 5 nitrogen and oxygen atoms in total. The Hall–Kier alpha value is -2.41. The molecule has 3 aromatic heterocycles. The van der Waals surface area contributed by atoms with Gasteiger partial charge < -0.3 is 5.73 Å². The van der Waals surface area contributed by atoms with E-state index in [9.17, 15) is 4.39 Å². The van der Waals surface area contributed by atoms with Gasteiger partial charge in [0, 0.05) is 54.4 Å². The van der Waals surface area contributed by atoms with Crippen LogP contribution < -0.4 is 5.73 Å². The lowest BCUT2D eigenvalue weighted by Crippen LogP contribution is -2.00. The first-order valence-corrected chi connectivity index (χ1v) is 7.61. The molecule has 4 aromatic rings. The van der Waals surface area contributed by atoms with Gasteiger partial charge in [0.05, 0.1) is 11.7 Å². The van der Waals surface area contributed by atoms with E-state index in [0.29, 0.717) is 5.56 Å². The van der Waals surface area contributed by atoms with E-state index in [2.05, 4.69) is 10.2 Å². The van der Waals surface area contributed by atoms with E-state index >= 15 is 0 Å². The van der Waals surface area contributed by atoms with Gasteiger partial charge in [-0.15, -0.1) is 24.8 Å². The number of aromatic nitrogens is 4. The number of pyridine rings is 1. The summed E-state index contributed by atoms with van der Waals surface area (Å²) in [7, 11) is 1.87. The summed E-state index contributed by atoms with van der Waals surface area (Å²) in [4.78, 5) is 0. The summed E-state index contributed by atoms with van der Waals surface area (Å²) >= 11 is 0. The molecule has 4 rings (SSSR count). The molecule has 0 spiro atoms. The van der Waals surface area contributed by atoms with E-state index in [1.54, 1.807) is 27.7 Å². The zero-order valence-electron chi connectivity index (χ0n) is 14.0. The summed E-state index contributed by atoms with van der Waals surface area (Å²) in [6.45, 7) is 0.184.